The molecule has 1 aliphatic heterocycles. The third-order valence-corrected chi connectivity index (χ3v) is 2.26. The molecule has 0 unspecified atom stereocenters. The maximum atomic E-state index is 10.7. The molecule has 76 valence electrons. The summed E-state index contributed by atoms with van der Waals surface area (Å²) in [6, 6.07) is 2.91. The van der Waals surface area contributed by atoms with Crippen molar-refractivity contribution < 1.29 is 4.92 Å². The van der Waals surface area contributed by atoms with Crippen LogP contribution < -0.4 is 10.8 Å². The summed E-state index contributed by atoms with van der Waals surface area (Å²) in [4.78, 5) is 10.2. The van der Waals surface area contributed by atoms with Crippen molar-refractivity contribution in [3.05, 3.63) is 27.2 Å². The van der Waals surface area contributed by atoms with Crippen LogP contribution in [-0.4, -0.2) is 16.0 Å². The molecule has 0 radical (unpaired) electrons. The van der Waals surface area contributed by atoms with Gasteiger partial charge in [0.05, 0.1) is 4.92 Å². The maximum absolute atomic E-state index is 10.7. The summed E-state index contributed by atoms with van der Waals surface area (Å²) in [5.74, 6) is 0.309. The highest BCUT2D eigenvalue weighted by atomic mass is 16.6. The van der Waals surface area contributed by atoms with Crippen LogP contribution in [0.2, 0.25) is 0 Å². The average Bonchev–Trinajstić information content (AvgIpc) is 2.67. The zero-order valence-corrected chi connectivity index (χ0v) is 7.65. The van der Waals surface area contributed by atoms with E-state index in [0.717, 1.165) is 6.07 Å². The Bertz CT molecular complexity index is 539. The predicted molar refractivity (Wildman–Crippen MR) is 50.1 cm³/mol. The number of nitrogens with zero attached hydrogens (tertiary/aromatic N) is 3. The second-order valence-electron chi connectivity index (χ2n) is 3.09. The van der Waals surface area contributed by atoms with Crippen LogP contribution in [0.3, 0.4) is 0 Å². The minimum atomic E-state index is -0.551. The summed E-state index contributed by atoms with van der Waals surface area (Å²) < 4.78 is 1.44. The van der Waals surface area contributed by atoms with Crippen LogP contribution >= 0.6 is 0 Å². The van der Waals surface area contributed by atoms with E-state index in [1.54, 1.807) is 6.07 Å². The van der Waals surface area contributed by atoms with Gasteiger partial charge in [-0.25, -0.2) is 0 Å². The number of aromatic nitrogens is 1. The number of hydrogen-bond acceptors (Lipinski definition) is 5. The Labute approximate surface area is 84.2 Å². The molecule has 15 heavy (non-hydrogen) atoms. The number of hydrogen-bond donors (Lipinski definition) is 2. The van der Waals surface area contributed by atoms with Gasteiger partial charge in [0.25, 0.3) is 0 Å². The summed E-state index contributed by atoms with van der Waals surface area (Å²) in [5, 5.41) is 29.9. The lowest BCUT2D eigenvalue weighted by atomic mass is 10.2. The molecule has 0 atom stereocenters. The molecule has 0 aromatic carbocycles. The van der Waals surface area contributed by atoms with Gasteiger partial charge in [-0.2, -0.15) is 5.26 Å². The summed E-state index contributed by atoms with van der Waals surface area (Å²) in [6.07, 6.45) is 0. The van der Waals surface area contributed by atoms with Gasteiger partial charge in [-0.15, -0.1) is 0 Å². The number of rotatable bonds is 1. The molecule has 1 aliphatic rings. The molecule has 0 spiro atoms. The van der Waals surface area contributed by atoms with Gasteiger partial charge in [0.1, 0.15) is 17.1 Å². The molecule has 0 fully saturated rings. The minimum absolute atomic E-state index is 0.0168. The van der Waals surface area contributed by atoms with E-state index in [-0.39, 0.29) is 16.7 Å². The average molecular weight is 205 g/mol. The first-order chi connectivity index (χ1) is 7.15. The molecule has 0 amide bonds. The lowest BCUT2D eigenvalue weighted by Gasteiger charge is -2.04. The summed E-state index contributed by atoms with van der Waals surface area (Å²) >= 11 is 0. The van der Waals surface area contributed by atoms with Crippen LogP contribution in [0.15, 0.2) is 6.07 Å². The Morgan fingerprint density at radius 3 is 3.07 bits per heavy atom. The third-order valence-electron chi connectivity index (χ3n) is 2.26. The smallest absolute Gasteiger partial charge is 0.311 e. The molecule has 7 nitrogen and oxygen atoms in total. The second kappa shape index (κ2) is 3.09. The van der Waals surface area contributed by atoms with Crippen LogP contribution in [0.25, 0.3) is 0 Å². The molecule has 1 aromatic rings. The SMILES string of the molecule is N#Cc1cc([N+](=O)[O-])c2n(c1=N)CCN2. The highest BCUT2D eigenvalue weighted by molar-refractivity contribution is 5.60. The van der Waals surface area contributed by atoms with Crippen molar-refractivity contribution in [3.8, 4) is 6.07 Å². The summed E-state index contributed by atoms with van der Waals surface area (Å²) in [7, 11) is 0. The quantitative estimate of drug-likeness (QED) is 0.503. The predicted octanol–water partition coefficient (Wildman–Crippen LogP) is 0.173. The highest BCUT2D eigenvalue weighted by Gasteiger charge is 2.24. The van der Waals surface area contributed by atoms with E-state index in [4.69, 9.17) is 10.7 Å². The molecule has 0 aliphatic carbocycles. The Balaban J connectivity index is 2.80. The van der Waals surface area contributed by atoms with Crippen molar-refractivity contribution in [3.63, 3.8) is 0 Å². The minimum Gasteiger partial charge on any atom is -0.364 e. The van der Waals surface area contributed by atoms with Crippen molar-refractivity contribution in [2.24, 2.45) is 0 Å². The topological polar surface area (TPSA) is 108 Å². The molecular formula is C8H7N5O2. The van der Waals surface area contributed by atoms with Gasteiger partial charge < -0.3 is 9.88 Å². The molecule has 2 rings (SSSR count). The fourth-order valence-corrected chi connectivity index (χ4v) is 1.59. The number of nitriles is 1. The normalized spacial score (nSPS) is 12.7. The van der Waals surface area contributed by atoms with Crippen molar-refractivity contribution in [2.75, 3.05) is 11.9 Å². The highest BCUT2D eigenvalue weighted by Crippen LogP contribution is 2.25. The zero-order valence-electron chi connectivity index (χ0n) is 7.65. The van der Waals surface area contributed by atoms with Crippen LogP contribution in [-0.2, 0) is 6.54 Å². The van der Waals surface area contributed by atoms with Gasteiger partial charge in [0, 0.05) is 19.2 Å². The van der Waals surface area contributed by atoms with Gasteiger partial charge in [0.15, 0.2) is 5.82 Å². The lowest BCUT2D eigenvalue weighted by molar-refractivity contribution is -0.384. The second-order valence-corrected chi connectivity index (χ2v) is 3.09. The maximum Gasteiger partial charge on any atom is 0.311 e. The van der Waals surface area contributed by atoms with E-state index in [2.05, 4.69) is 5.32 Å². The largest absolute Gasteiger partial charge is 0.364 e. The molecule has 1 aromatic heterocycles. The monoisotopic (exact) mass is 205 g/mol. The molecule has 0 bridgehead atoms. The standard InChI is InChI=1S/C8H7N5O2/c9-4-5-3-6(13(14)15)8-11-1-2-12(8)7(5)10/h3,10-11H,1-2H2. The first-order valence-electron chi connectivity index (χ1n) is 4.26. The molecule has 7 heteroatoms. The van der Waals surface area contributed by atoms with E-state index in [1.165, 1.54) is 4.57 Å². The fraction of sp³-hybridized carbons (Fsp3) is 0.250. The van der Waals surface area contributed by atoms with Crippen molar-refractivity contribution in [1.82, 2.24) is 4.57 Å². The van der Waals surface area contributed by atoms with Crippen LogP contribution in [0, 0.1) is 26.9 Å². The van der Waals surface area contributed by atoms with Crippen molar-refractivity contribution >= 4 is 11.5 Å². The van der Waals surface area contributed by atoms with Crippen molar-refractivity contribution in [2.45, 2.75) is 6.54 Å². The molecule has 0 saturated carbocycles. The van der Waals surface area contributed by atoms with E-state index >= 15 is 0 Å². The van der Waals surface area contributed by atoms with Gasteiger partial charge in [-0.05, 0) is 0 Å². The van der Waals surface area contributed by atoms with Crippen molar-refractivity contribution in [1.29, 1.82) is 10.7 Å². The lowest BCUT2D eigenvalue weighted by Crippen LogP contribution is -2.21. The van der Waals surface area contributed by atoms with E-state index < -0.39 is 4.92 Å². The number of fused-ring (bicyclic) bond motifs is 1. The Kier molecular flexibility index (Phi) is 1.90. The Morgan fingerprint density at radius 1 is 1.73 bits per heavy atom. The van der Waals surface area contributed by atoms with Gasteiger partial charge >= 0.3 is 5.69 Å². The van der Waals surface area contributed by atoms with E-state index in [9.17, 15) is 10.1 Å². The number of nitrogens with one attached hydrogen (secondary N) is 2. The molecule has 0 saturated heterocycles. The molecule has 2 heterocycles. The van der Waals surface area contributed by atoms with Gasteiger partial charge in [0.2, 0.25) is 0 Å². The number of anilines is 1. The van der Waals surface area contributed by atoms with E-state index in [1.807, 2.05) is 0 Å². The summed E-state index contributed by atoms with van der Waals surface area (Å²) in [5.41, 5.74) is -0.114. The van der Waals surface area contributed by atoms with Crippen LogP contribution in [0.4, 0.5) is 11.5 Å². The van der Waals surface area contributed by atoms with E-state index in [0.29, 0.717) is 18.9 Å². The molecule has 2 N–H and O–H groups in total. The molecular weight excluding hydrogens is 198 g/mol. The third kappa shape index (κ3) is 1.23. The zero-order chi connectivity index (χ0) is 11.0. The first-order valence-corrected chi connectivity index (χ1v) is 4.26. The Morgan fingerprint density at radius 2 is 2.47 bits per heavy atom. The summed E-state index contributed by atoms with van der Waals surface area (Å²) in [6.45, 7) is 1.02. The number of pyridine rings is 1. The first kappa shape index (κ1) is 9.21. The van der Waals surface area contributed by atoms with Gasteiger partial charge in [-0.3, -0.25) is 15.5 Å². The van der Waals surface area contributed by atoms with Crippen LogP contribution in [0.1, 0.15) is 5.56 Å². The fourth-order valence-electron chi connectivity index (χ4n) is 1.59. The van der Waals surface area contributed by atoms with Gasteiger partial charge in [-0.1, -0.05) is 0 Å². The van der Waals surface area contributed by atoms with Crippen LogP contribution in [0.5, 0.6) is 0 Å². The number of nitro groups is 1. The Hall–Kier alpha value is -2.36.